The summed E-state index contributed by atoms with van der Waals surface area (Å²) in [6.07, 6.45) is 3.30. The first-order chi connectivity index (χ1) is 8.90. The molecule has 0 unspecified atom stereocenters. The number of hydrogen-bond acceptors (Lipinski definition) is 4. The minimum Gasteiger partial charge on any atom is -0.320 e. The summed E-state index contributed by atoms with van der Waals surface area (Å²) in [5.74, 6) is 6.81. The summed E-state index contributed by atoms with van der Waals surface area (Å²) >= 11 is 1.67. The van der Waals surface area contributed by atoms with E-state index in [4.69, 9.17) is 5.73 Å². The van der Waals surface area contributed by atoms with Crippen LogP contribution in [0.1, 0.15) is 11.1 Å². The van der Waals surface area contributed by atoms with E-state index in [-0.39, 0.29) is 0 Å². The van der Waals surface area contributed by atoms with Crippen molar-refractivity contribution in [3.8, 4) is 11.8 Å². The molecule has 0 atom stereocenters. The third kappa shape index (κ3) is 3.59. The van der Waals surface area contributed by atoms with Gasteiger partial charge in [0.25, 0.3) is 0 Å². The van der Waals surface area contributed by atoms with E-state index in [1.165, 1.54) is 5.56 Å². The summed E-state index contributed by atoms with van der Waals surface area (Å²) in [4.78, 5) is 8.08. The van der Waals surface area contributed by atoms with Gasteiger partial charge in [-0.05, 0) is 17.7 Å². The summed E-state index contributed by atoms with van der Waals surface area (Å²) in [6.45, 7) is 0.382. The fraction of sp³-hybridized carbons (Fsp3) is 0.143. The summed E-state index contributed by atoms with van der Waals surface area (Å²) in [5, 5.41) is 0.964. The molecule has 1 heterocycles. The Balaban J connectivity index is 2.09. The predicted octanol–water partition coefficient (Wildman–Crippen LogP) is 2.08. The SMILES string of the molecule is NCC#Cc1ccccc1CSc1ccncn1. The second-order valence-corrected chi connectivity index (χ2v) is 4.49. The fourth-order valence-corrected chi connectivity index (χ4v) is 2.26. The molecule has 18 heavy (non-hydrogen) atoms. The Morgan fingerprint density at radius 1 is 1.22 bits per heavy atom. The Morgan fingerprint density at radius 2 is 2.11 bits per heavy atom. The Hall–Kier alpha value is -1.83. The Morgan fingerprint density at radius 3 is 2.89 bits per heavy atom. The van der Waals surface area contributed by atoms with E-state index in [0.29, 0.717) is 6.54 Å². The standard InChI is InChI=1S/C14H13N3S/c15-8-3-6-12-4-1-2-5-13(12)10-18-14-7-9-16-11-17-14/h1-2,4-5,7,9,11H,8,10,15H2. The summed E-state index contributed by atoms with van der Waals surface area (Å²) in [6, 6.07) is 10.00. The van der Waals surface area contributed by atoms with E-state index < -0.39 is 0 Å². The zero-order valence-electron chi connectivity index (χ0n) is 9.84. The molecule has 0 saturated heterocycles. The smallest absolute Gasteiger partial charge is 0.116 e. The van der Waals surface area contributed by atoms with Gasteiger partial charge in [-0.1, -0.05) is 30.0 Å². The van der Waals surface area contributed by atoms with Crippen molar-refractivity contribution in [2.24, 2.45) is 5.73 Å². The molecule has 0 bridgehead atoms. The molecule has 0 saturated carbocycles. The normalized spacial score (nSPS) is 9.61. The van der Waals surface area contributed by atoms with Crippen LogP contribution in [0.5, 0.6) is 0 Å². The monoisotopic (exact) mass is 255 g/mol. The second-order valence-electron chi connectivity index (χ2n) is 3.50. The van der Waals surface area contributed by atoms with Gasteiger partial charge >= 0.3 is 0 Å². The number of hydrogen-bond donors (Lipinski definition) is 1. The zero-order valence-corrected chi connectivity index (χ0v) is 10.7. The first-order valence-electron chi connectivity index (χ1n) is 5.56. The second kappa shape index (κ2) is 6.80. The number of aromatic nitrogens is 2. The minimum absolute atomic E-state index is 0.382. The molecule has 0 aliphatic heterocycles. The molecule has 2 rings (SSSR count). The van der Waals surface area contributed by atoms with E-state index in [2.05, 4.69) is 27.9 Å². The lowest BCUT2D eigenvalue weighted by molar-refractivity contribution is 1.05. The van der Waals surface area contributed by atoms with Crippen molar-refractivity contribution in [2.75, 3.05) is 6.54 Å². The van der Waals surface area contributed by atoms with Gasteiger partial charge in [0.15, 0.2) is 0 Å². The first kappa shape index (κ1) is 12.6. The summed E-state index contributed by atoms with van der Waals surface area (Å²) < 4.78 is 0. The van der Waals surface area contributed by atoms with Gasteiger partial charge in [-0.25, -0.2) is 9.97 Å². The summed E-state index contributed by atoms with van der Waals surface area (Å²) in [5.41, 5.74) is 7.62. The lowest BCUT2D eigenvalue weighted by Gasteiger charge is -2.03. The van der Waals surface area contributed by atoms with Crippen LogP contribution in [0.3, 0.4) is 0 Å². The van der Waals surface area contributed by atoms with Crippen molar-refractivity contribution in [1.82, 2.24) is 9.97 Å². The maximum Gasteiger partial charge on any atom is 0.116 e. The van der Waals surface area contributed by atoms with Crippen LogP contribution in [0.15, 0.2) is 47.9 Å². The number of thioether (sulfide) groups is 1. The van der Waals surface area contributed by atoms with Crippen molar-refractivity contribution in [3.63, 3.8) is 0 Å². The van der Waals surface area contributed by atoms with Crippen LogP contribution < -0.4 is 5.73 Å². The molecule has 90 valence electrons. The lowest BCUT2D eigenvalue weighted by Crippen LogP contribution is -1.94. The number of nitrogens with two attached hydrogens (primary N) is 1. The van der Waals surface area contributed by atoms with Crippen LogP contribution >= 0.6 is 11.8 Å². The maximum absolute atomic E-state index is 5.40. The van der Waals surface area contributed by atoms with Crippen LogP contribution in [0, 0.1) is 11.8 Å². The largest absolute Gasteiger partial charge is 0.320 e. The van der Waals surface area contributed by atoms with Crippen LogP contribution in [0.4, 0.5) is 0 Å². The third-order valence-electron chi connectivity index (χ3n) is 2.27. The van der Waals surface area contributed by atoms with Crippen molar-refractivity contribution >= 4 is 11.8 Å². The van der Waals surface area contributed by atoms with E-state index in [1.807, 2.05) is 24.3 Å². The highest BCUT2D eigenvalue weighted by molar-refractivity contribution is 7.98. The number of rotatable bonds is 3. The van der Waals surface area contributed by atoms with E-state index in [9.17, 15) is 0 Å². The summed E-state index contributed by atoms with van der Waals surface area (Å²) in [7, 11) is 0. The molecule has 3 nitrogen and oxygen atoms in total. The van der Waals surface area contributed by atoms with Gasteiger partial charge in [0.05, 0.1) is 11.6 Å². The quantitative estimate of drug-likeness (QED) is 0.518. The van der Waals surface area contributed by atoms with E-state index in [0.717, 1.165) is 16.3 Å². The molecular formula is C14H13N3S. The van der Waals surface area contributed by atoms with Crippen molar-refractivity contribution in [1.29, 1.82) is 0 Å². The molecule has 1 aromatic heterocycles. The number of benzene rings is 1. The average Bonchev–Trinajstić information content (AvgIpc) is 2.45. The number of nitrogens with zero attached hydrogens (tertiary/aromatic N) is 2. The lowest BCUT2D eigenvalue weighted by atomic mass is 10.1. The zero-order chi connectivity index (χ0) is 12.6. The van der Waals surface area contributed by atoms with Gasteiger partial charge in [0.2, 0.25) is 0 Å². The molecule has 0 radical (unpaired) electrons. The molecule has 0 fully saturated rings. The fourth-order valence-electron chi connectivity index (χ4n) is 1.43. The third-order valence-corrected chi connectivity index (χ3v) is 3.27. The molecule has 0 amide bonds. The highest BCUT2D eigenvalue weighted by Gasteiger charge is 2.01. The Kier molecular flexibility index (Phi) is 4.77. The first-order valence-corrected chi connectivity index (χ1v) is 6.54. The van der Waals surface area contributed by atoms with E-state index >= 15 is 0 Å². The highest BCUT2D eigenvalue weighted by Crippen LogP contribution is 2.21. The van der Waals surface area contributed by atoms with Crippen LogP contribution in [-0.4, -0.2) is 16.5 Å². The van der Waals surface area contributed by atoms with Gasteiger partial charge in [-0.3, -0.25) is 0 Å². The van der Waals surface area contributed by atoms with Crippen molar-refractivity contribution in [2.45, 2.75) is 10.8 Å². The van der Waals surface area contributed by atoms with Crippen LogP contribution in [-0.2, 0) is 5.75 Å². The van der Waals surface area contributed by atoms with Gasteiger partial charge in [-0.15, -0.1) is 11.8 Å². The van der Waals surface area contributed by atoms with Crippen LogP contribution in [0.2, 0.25) is 0 Å². The Labute approximate surface area is 111 Å². The topological polar surface area (TPSA) is 51.8 Å². The molecule has 2 aromatic rings. The van der Waals surface area contributed by atoms with Crippen molar-refractivity contribution in [3.05, 3.63) is 54.0 Å². The van der Waals surface area contributed by atoms with Gasteiger partial charge in [-0.2, -0.15) is 0 Å². The average molecular weight is 255 g/mol. The van der Waals surface area contributed by atoms with E-state index in [1.54, 1.807) is 24.3 Å². The molecule has 0 aliphatic rings. The Bertz CT molecular complexity index is 558. The highest BCUT2D eigenvalue weighted by atomic mass is 32.2. The molecule has 0 spiro atoms. The predicted molar refractivity (Wildman–Crippen MR) is 74.0 cm³/mol. The minimum atomic E-state index is 0.382. The molecule has 2 N–H and O–H groups in total. The van der Waals surface area contributed by atoms with Gasteiger partial charge in [0, 0.05) is 17.5 Å². The van der Waals surface area contributed by atoms with Crippen molar-refractivity contribution < 1.29 is 0 Å². The molecule has 1 aromatic carbocycles. The van der Waals surface area contributed by atoms with Crippen LogP contribution in [0.25, 0.3) is 0 Å². The molecular weight excluding hydrogens is 242 g/mol. The van der Waals surface area contributed by atoms with Gasteiger partial charge < -0.3 is 5.73 Å². The molecule has 4 heteroatoms. The van der Waals surface area contributed by atoms with Gasteiger partial charge in [0.1, 0.15) is 6.33 Å². The molecule has 0 aliphatic carbocycles. The maximum atomic E-state index is 5.40.